The Morgan fingerprint density at radius 1 is 1.00 bits per heavy atom. The molecule has 1 unspecified atom stereocenters. The van der Waals surface area contributed by atoms with E-state index in [-0.39, 0.29) is 42.1 Å². The lowest BCUT2D eigenvalue weighted by molar-refractivity contribution is -0.141. The second-order valence-electron chi connectivity index (χ2n) is 8.35. The third kappa shape index (κ3) is 4.57. The van der Waals surface area contributed by atoms with Gasteiger partial charge in [-0.3, -0.25) is 9.59 Å². The predicted molar refractivity (Wildman–Crippen MR) is 107 cm³/mol. The highest BCUT2D eigenvalue weighted by atomic mass is 19.1. The minimum atomic E-state index is -0.319. The molecule has 0 aliphatic carbocycles. The highest BCUT2D eigenvalue weighted by molar-refractivity contribution is 5.82. The van der Waals surface area contributed by atoms with Crippen molar-refractivity contribution in [2.75, 3.05) is 39.3 Å². The summed E-state index contributed by atoms with van der Waals surface area (Å²) in [5.41, 5.74) is 0.775. The summed E-state index contributed by atoms with van der Waals surface area (Å²) in [5.74, 6) is -0.411. The normalized spacial score (nSPS) is 22.9. The van der Waals surface area contributed by atoms with Gasteiger partial charge in [-0.05, 0) is 43.4 Å². The Hall–Kier alpha value is -2.64. The van der Waals surface area contributed by atoms with Gasteiger partial charge >= 0.3 is 6.09 Å². The van der Waals surface area contributed by atoms with E-state index in [1.54, 1.807) is 21.9 Å². The molecule has 3 fully saturated rings. The van der Waals surface area contributed by atoms with Crippen LogP contribution in [0.5, 0.6) is 0 Å². The van der Waals surface area contributed by atoms with Gasteiger partial charge in [0.2, 0.25) is 11.8 Å². The Labute approximate surface area is 175 Å². The van der Waals surface area contributed by atoms with Crippen molar-refractivity contribution in [1.82, 2.24) is 14.7 Å². The zero-order valence-electron chi connectivity index (χ0n) is 17.1. The number of ether oxygens (including phenoxy) is 1. The summed E-state index contributed by atoms with van der Waals surface area (Å²) in [6.07, 6.45) is 3.10. The average Bonchev–Trinajstić information content (AvgIpc) is 3.21. The number of halogens is 1. The molecule has 1 aromatic rings. The highest BCUT2D eigenvalue weighted by Crippen LogP contribution is 2.24. The van der Waals surface area contributed by atoms with Crippen LogP contribution in [0.4, 0.5) is 9.18 Å². The largest absolute Gasteiger partial charge is 0.448 e. The first kappa shape index (κ1) is 20.6. The number of benzene rings is 1. The van der Waals surface area contributed by atoms with Crippen molar-refractivity contribution in [3.63, 3.8) is 0 Å². The molecule has 1 atom stereocenters. The Morgan fingerprint density at radius 3 is 2.40 bits per heavy atom. The number of piperidine rings is 2. The van der Waals surface area contributed by atoms with Crippen LogP contribution in [-0.2, 0) is 20.7 Å². The number of rotatable bonds is 4. The molecular formula is C22H28FN3O4. The minimum absolute atomic E-state index is 0.0228. The van der Waals surface area contributed by atoms with Crippen LogP contribution in [0.15, 0.2) is 24.3 Å². The van der Waals surface area contributed by atoms with Crippen LogP contribution >= 0.6 is 0 Å². The maximum Gasteiger partial charge on any atom is 0.410 e. The van der Waals surface area contributed by atoms with E-state index in [1.807, 2.05) is 4.90 Å². The van der Waals surface area contributed by atoms with Gasteiger partial charge in [0.1, 0.15) is 12.4 Å². The molecule has 0 bridgehead atoms. The van der Waals surface area contributed by atoms with Crippen LogP contribution < -0.4 is 0 Å². The summed E-state index contributed by atoms with van der Waals surface area (Å²) in [6.45, 7) is 3.44. The summed E-state index contributed by atoms with van der Waals surface area (Å²) >= 11 is 0. The molecule has 3 amide bonds. The van der Waals surface area contributed by atoms with Gasteiger partial charge in [0.25, 0.3) is 0 Å². The molecule has 0 spiro atoms. The van der Waals surface area contributed by atoms with Crippen molar-refractivity contribution in [2.45, 2.75) is 38.1 Å². The Morgan fingerprint density at radius 2 is 1.73 bits per heavy atom. The van der Waals surface area contributed by atoms with Gasteiger partial charge in [-0.15, -0.1) is 0 Å². The average molecular weight is 417 g/mol. The second-order valence-corrected chi connectivity index (χ2v) is 8.35. The van der Waals surface area contributed by atoms with Crippen LogP contribution in [0.25, 0.3) is 0 Å². The van der Waals surface area contributed by atoms with E-state index in [1.165, 1.54) is 12.1 Å². The molecule has 4 rings (SSSR count). The molecule has 8 heteroatoms. The molecule has 30 heavy (non-hydrogen) atoms. The van der Waals surface area contributed by atoms with Gasteiger partial charge in [-0.2, -0.15) is 0 Å². The van der Waals surface area contributed by atoms with Crippen LogP contribution in [0.1, 0.15) is 31.2 Å². The molecule has 3 saturated heterocycles. The van der Waals surface area contributed by atoms with E-state index in [9.17, 15) is 18.8 Å². The highest BCUT2D eigenvalue weighted by Gasteiger charge is 2.36. The van der Waals surface area contributed by atoms with Gasteiger partial charge in [0.05, 0.1) is 18.9 Å². The molecule has 3 heterocycles. The molecule has 3 aliphatic heterocycles. The van der Waals surface area contributed by atoms with Crippen LogP contribution in [0.2, 0.25) is 0 Å². The number of carbonyl (C=O) groups is 3. The molecule has 0 aromatic heterocycles. The van der Waals surface area contributed by atoms with E-state index in [2.05, 4.69) is 0 Å². The number of amides is 3. The van der Waals surface area contributed by atoms with E-state index >= 15 is 0 Å². The lowest BCUT2D eigenvalue weighted by Gasteiger charge is -2.39. The van der Waals surface area contributed by atoms with Crippen LogP contribution in [0, 0.1) is 11.7 Å². The number of hydrogen-bond donors (Lipinski definition) is 0. The Kier molecular flexibility index (Phi) is 6.20. The molecule has 0 saturated carbocycles. The monoisotopic (exact) mass is 417 g/mol. The van der Waals surface area contributed by atoms with Crippen molar-refractivity contribution in [3.05, 3.63) is 35.6 Å². The third-order valence-corrected chi connectivity index (χ3v) is 6.40. The lowest BCUT2D eigenvalue weighted by atomic mass is 9.94. The second kappa shape index (κ2) is 9.02. The van der Waals surface area contributed by atoms with Gasteiger partial charge in [0.15, 0.2) is 0 Å². The van der Waals surface area contributed by atoms with Crippen LogP contribution in [-0.4, -0.2) is 78.0 Å². The summed E-state index contributed by atoms with van der Waals surface area (Å²) in [4.78, 5) is 42.9. The number of cyclic esters (lactones) is 1. The summed E-state index contributed by atoms with van der Waals surface area (Å²) in [7, 11) is 0. The lowest BCUT2D eigenvalue weighted by Crippen LogP contribution is -2.51. The fourth-order valence-electron chi connectivity index (χ4n) is 4.69. The maximum absolute atomic E-state index is 13.1. The number of nitrogens with zero attached hydrogens (tertiary/aromatic N) is 3. The molecule has 3 aliphatic rings. The van der Waals surface area contributed by atoms with Crippen molar-refractivity contribution in [1.29, 1.82) is 0 Å². The molecular weight excluding hydrogens is 389 g/mol. The minimum Gasteiger partial charge on any atom is -0.448 e. The van der Waals surface area contributed by atoms with Gasteiger partial charge < -0.3 is 19.4 Å². The number of hydrogen-bond acceptors (Lipinski definition) is 4. The van der Waals surface area contributed by atoms with Gasteiger partial charge in [-0.1, -0.05) is 12.1 Å². The predicted octanol–water partition coefficient (Wildman–Crippen LogP) is 2.05. The first-order chi connectivity index (χ1) is 14.5. The summed E-state index contributed by atoms with van der Waals surface area (Å²) in [6, 6.07) is 6.11. The SMILES string of the molecule is O=C(Cc1ccc(F)cc1)N1CCCC(C(=O)N2CCC(N3CCOC3=O)CC2)C1. The van der Waals surface area contributed by atoms with Crippen molar-refractivity contribution in [2.24, 2.45) is 5.92 Å². The topological polar surface area (TPSA) is 70.2 Å². The third-order valence-electron chi connectivity index (χ3n) is 6.40. The van der Waals surface area contributed by atoms with Gasteiger partial charge in [0, 0.05) is 32.2 Å². The molecule has 162 valence electrons. The molecule has 0 N–H and O–H groups in total. The van der Waals surface area contributed by atoms with Crippen LogP contribution in [0.3, 0.4) is 0 Å². The fourth-order valence-corrected chi connectivity index (χ4v) is 4.69. The zero-order chi connectivity index (χ0) is 21.1. The smallest absolute Gasteiger partial charge is 0.410 e. The van der Waals surface area contributed by atoms with E-state index < -0.39 is 0 Å². The molecule has 1 aromatic carbocycles. The van der Waals surface area contributed by atoms with E-state index in [0.717, 1.165) is 31.2 Å². The molecule has 0 radical (unpaired) electrons. The van der Waals surface area contributed by atoms with Gasteiger partial charge in [-0.25, -0.2) is 9.18 Å². The fraction of sp³-hybridized carbons (Fsp3) is 0.591. The standard InChI is InChI=1S/C22H28FN3O4/c23-18-5-3-16(4-6-18)14-20(27)25-9-1-2-17(15-25)21(28)24-10-7-19(8-11-24)26-12-13-30-22(26)29/h3-6,17,19H,1-2,7-15H2. The Bertz CT molecular complexity index is 792. The first-order valence-electron chi connectivity index (χ1n) is 10.8. The Balaban J connectivity index is 1.28. The first-order valence-corrected chi connectivity index (χ1v) is 10.8. The quantitative estimate of drug-likeness (QED) is 0.752. The number of likely N-dealkylation sites (tertiary alicyclic amines) is 2. The summed E-state index contributed by atoms with van der Waals surface area (Å²) < 4.78 is 18.1. The van der Waals surface area contributed by atoms with Crippen molar-refractivity contribution in [3.8, 4) is 0 Å². The van der Waals surface area contributed by atoms with Crippen molar-refractivity contribution >= 4 is 17.9 Å². The zero-order valence-corrected chi connectivity index (χ0v) is 17.1. The summed E-state index contributed by atoms with van der Waals surface area (Å²) in [5, 5.41) is 0. The van der Waals surface area contributed by atoms with E-state index in [0.29, 0.717) is 39.3 Å². The van der Waals surface area contributed by atoms with Crippen molar-refractivity contribution < 1.29 is 23.5 Å². The maximum atomic E-state index is 13.1. The number of carbonyl (C=O) groups excluding carboxylic acids is 3. The van der Waals surface area contributed by atoms with E-state index in [4.69, 9.17) is 4.74 Å². The molecule has 7 nitrogen and oxygen atoms in total.